The molecule has 0 aromatic rings. The molecular formula is C16H29NO2. The van der Waals surface area contributed by atoms with Crippen LogP contribution >= 0.6 is 0 Å². The summed E-state index contributed by atoms with van der Waals surface area (Å²) in [7, 11) is 0. The molecular weight excluding hydrogens is 238 g/mol. The predicted molar refractivity (Wildman–Crippen MR) is 77.0 cm³/mol. The van der Waals surface area contributed by atoms with Gasteiger partial charge < -0.3 is 10.1 Å². The van der Waals surface area contributed by atoms with Crippen LogP contribution in [0.5, 0.6) is 0 Å². The molecule has 0 saturated heterocycles. The number of carbonyl (C=O) groups is 1. The van der Waals surface area contributed by atoms with Gasteiger partial charge in [-0.2, -0.15) is 0 Å². The molecule has 0 amide bonds. The number of nitrogens with one attached hydrogen (secondary N) is 1. The molecule has 2 saturated carbocycles. The van der Waals surface area contributed by atoms with E-state index < -0.39 is 0 Å². The van der Waals surface area contributed by atoms with Gasteiger partial charge >= 0.3 is 5.97 Å². The minimum atomic E-state index is 0.0203. The molecule has 19 heavy (non-hydrogen) atoms. The lowest BCUT2D eigenvalue weighted by atomic mass is 9.86. The van der Waals surface area contributed by atoms with Crippen LogP contribution in [-0.2, 0) is 9.53 Å². The Labute approximate surface area is 117 Å². The lowest BCUT2D eigenvalue weighted by Gasteiger charge is -2.28. The van der Waals surface area contributed by atoms with E-state index in [9.17, 15) is 4.79 Å². The fourth-order valence-electron chi connectivity index (χ4n) is 3.58. The van der Waals surface area contributed by atoms with E-state index in [4.69, 9.17) is 4.74 Å². The van der Waals surface area contributed by atoms with E-state index in [-0.39, 0.29) is 11.9 Å². The van der Waals surface area contributed by atoms with E-state index in [0.29, 0.717) is 12.6 Å². The molecule has 3 nitrogen and oxygen atoms in total. The van der Waals surface area contributed by atoms with Crippen molar-refractivity contribution in [3.63, 3.8) is 0 Å². The van der Waals surface area contributed by atoms with Gasteiger partial charge in [0.1, 0.15) is 0 Å². The Morgan fingerprint density at radius 1 is 1.11 bits per heavy atom. The van der Waals surface area contributed by atoms with Crippen LogP contribution in [0.3, 0.4) is 0 Å². The molecule has 0 aromatic carbocycles. The Kier molecular flexibility index (Phi) is 6.15. The number of rotatable bonds is 6. The minimum absolute atomic E-state index is 0.0203. The van der Waals surface area contributed by atoms with Crippen LogP contribution in [0.1, 0.15) is 64.7 Å². The maximum Gasteiger partial charge on any atom is 0.308 e. The van der Waals surface area contributed by atoms with Crippen molar-refractivity contribution in [2.24, 2.45) is 11.8 Å². The van der Waals surface area contributed by atoms with Crippen molar-refractivity contribution >= 4 is 5.97 Å². The van der Waals surface area contributed by atoms with Crippen LogP contribution in [-0.4, -0.2) is 25.2 Å². The third-order valence-corrected chi connectivity index (χ3v) is 4.81. The number of hydrogen-bond acceptors (Lipinski definition) is 3. The average molecular weight is 267 g/mol. The summed E-state index contributed by atoms with van der Waals surface area (Å²) in [4.78, 5) is 11.7. The SMILES string of the molecule is CCOC(=O)C1CCC(NCCC2CCCC2)CC1. The van der Waals surface area contributed by atoms with Crippen molar-refractivity contribution in [2.45, 2.75) is 70.8 Å². The van der Waals surface area contributed by atoms with Gasteiger partial charge in [0, 0.05) is 6.04 Å². The molecule has 0 bridgehead atoms. The van der Waals surface area contributed by atoms with E-state index in [1.807, 2.05) is 6.92 Å². The second kappa shape index (κ2) is 7.88. The summed E-state index contributed by atoms with van der Waals surface area (Å²) < 4.78 is 5.11. The number of hydrogen-bond donors (Lipinski definition) is 1. The first-order chi connectivity index (χ1) is 9.29. The van der Waals surface area contributed by atoms with Crippen LogP contribution in [0.4, 0.5) is 0 Å². The molecule has 2 aliphatic rings. The third-order valence-electron chi connectivity index (χ3n) is 4.81. The normalized spacial score (nSPS) is 28.5. The zero-order chi connectivity index (χ0) is 13.5. The molecule has 0 unspecified atom stereocenters. The second-order valence-electron chi connectivity index (χ2n) is 6.19. The monoisotopic (exact) mass is 267 g/mol. The van der Waals surface area contributed by atoms with E-state index in [1.165, 1.54) is 38.6 Å². The fraction of sp³-hybridized carbons (Fsp3) is 0.938. The zero-order valence-corrected chi connectivity index (χ0v) is 12.3. The molecule has 0 aliphatic heterocycles. The zero-order valence-electron chi connectivity index (χ0n) is 12.3. The van der Waals surface area contributed by atoms with Crippen molar-refractivity contribution in [2.75, 3.05) is 13.2 Å². The van der Waals surface area contributed by atoms with Gasteiger partial charge in [-0.25, -0.2) is 0 Å². The fourth-order valence-corrected chi connectivity index (χ4v) is 3.58. The largest absolute Gasteiger partial charge is 0.466 e. The van der Waals surface area contributed by atoms with Crippen molar-refractivity contribution in [1.29, 1.82) is 0 Å². The highest BCUT2D eigenvalue weighted by molar-refractivity contribution is 5.72. The molecule has 2 rings (SSSR count). The van der Waals surface area contributed by atoms with E-state index in [1.54, 1.807) is 0 Å². The van der Waals surface area contributed by atoms with Crippen molar-refractivity contribution in [3.8, 4) is 0 Å². The molecule has 0 heterocycles. The number of esters is 1. The predicted octanol–water partition coefficient (Wildman–Crippen LogP) is 3.28. The number of ether oxygens (including phenoxy) is 1. The maximum atomic E-state index is 11.7. The molecule has 0 aromatic heterocycles. The van der Waals surface area contributed by atoms with Crippen LogP contribution in [0.2, 0.25) is 0 Å². The van der Waals surface area contributed by atoms with Crippen LogP contribution in [0, 0.1) is 11.8 Å². The van der Waals surface area contributed by atoms with E-state index in [0.717, 1.165) is 31.6 Å². The molecule has 0 radical (unpaired) electrons. The Morgan fingerprint density at radius 2 is 1.79 bits per heavy atom. The summed E-state index contributed by atoms with van der Waals surface area (Å²) in [5, 5.41) is 3.69. The van der Waals surface area contributed by atoms with Gasteiger partial charge in [0.05, 0.1) is 12.5 Å². The van der Waals surface area contributed by atoms with Gasteiger partial charge in [-0.3, -0.25) is 4.79 Å². The molecule has 1 N–H and O–H groups in total. The Balaban J connectivity index is 1.56. The van der Waals surface area contributed by atoms with Crippen LogP contribution in [0.25, 0.3) is 0 Å². The summed E-state index contributed by atoms with van der Waals surface area (Å²) in [5.41, 5.74) is 0. The summed E-state index contributed by atoms with van der Waals surface area (Å²) in [6.45, 7) is 3.56. The molecule has 3 heteroatoms. The highest BCUT2D eigenvalue weighted by Crippen LogP contribution is 2.28. The van der Waals surface area contributed by atoms with E-state index >= 15 is 0 Å². The molecule has 0 spiro atoms. The minimum Gasteiger partial charge on any atom is -0.466 e. The number of carbonyl (C=O) groups excluding carboxylic acids is 1. The molecule has 2 fully saturated rings. The highest BCUT2D eigenvalue weighted by atomic mass is 16.5. The third kappa shape index (κ3) is 4.79. The van der Waals surface area contributed by atoms with Crippen molar-refractivity contribution < 1.29 is 9.53 Å². The molecule has 110 valence electrons. The Bertz CT molecular complexity index is 266. The molecule has 0 atom stereocenters. The smallest absolute Gasteiger partial charge is 0.308 e. The van der Waals surface area contributed by atoms with Crippen LogP contribution in [0.15, 0.2) is 0 Å². The first-order valence-electron chi connectivity index (χ1n) is 8.19. The van der Waals surface area contributed by atoms with Gasteiger partial charge in [0.15, 0.2) is 0 Å². The first-order valence-corrected chi connectivity index (χ1v) is 8.19. The second-order valence-corrected chi connectivity index (χ2v) is 6.19. The van der Waals surface area contributed by atoms with Gasteiger partial charge in [-0.05, 0) is 51.5 Å². The summed E-state index contributed by atoms with van der Waals surface area (Å²) in [6, 6.07) is 0.632. The molecule has 2 aliphatic carbocycles. The summed E-state index contributed by atoms with van der Waals surface area (Å²) >= 11 is 0. The van der Waals surface area contributed by atoms with Gasteiger partial charge in [0.2, 0.25) is 0 Å². The van der Waals surface area contributed by atoms with Gasteiger partial charge in [0.25, 0.3) is 0 Å². The standard InChI is InChI=1S/C16H29NO2/c1-2-19-16(18)14-7-9-15(10-8-14)17-12-11-13-5-3-4-6-13/h13-15,17H,2-12H2,1H3. The highest BCUT2D eigenvalue weighted by Gasteiger charge is 2.27. The Hall–Kier alpha value is -0.570. The van der Waals surface area contributed by atoms with Crippen LogP contribution < -0.4 is 5.32 Å². The summed E-state index contributed by atoms with van der Waals surface area (Å²) in [6.07, 6.45) is 11.4. The maximum absolute atomic E-state index is 11.7. The topological polar surface area (TPSA) is 38.3 Å². The van der Waals surface area contributed by atoms with E-state index in [2.05, 4.69) is 5.32 Å². The van der Waals surface area contributed by atoms with Crippen molar-refractivity contribution in [1.82, 2.24) is 5.32 Å². The first kappa shape index (κ1) is 14.8. The lowest BCUT2D eigenvalue weighted by Crippen LogP contribution is -2.36. The summed E-state index contributed by atoms with van der Waals surface area (Å²) in [5.74, 6) is 1.16. The van der Waals surface area contributed by atoms with Gasteiger partial charge in [-0.15, -0.1) is 0 Å². The average Bonchev–Trinajstić information content (AvgIpc) is 2.93. The van der Waals surface area contributed by atoms with Gasteiger partial charge in [-0.1, -0.05) is 25.7 Å². The van der Waals surface area contributed by atoms with Crippen molar-refractivity contribution in [3.05, 3.63) is 0 Å². The lowest BCUT2D eigenvalue weighted by molar-refractivity contribution is -0.149. The quantitative estimate of drug-likeness (QED) is 0.751. The Morgan fingerprint density at radius 3 is 2.42 bits per heavy atom.